The molecule has 0 spiro atoms. The second kappa shape index (κ2) is 7.94. The summed E-state index contributed by atoms with van der Waals surface area (Å²) in [7, 11) is 0. The van der Waals surface area contributed by atoms with Gasteiger partial charge in [-0.15, -0.1) is 0 Å². The highest BCUT2D eigenvalue weighted by Gasteiger charge is 2.14. The van der Waals surface area contributed by atoms with Gasteiger partial charge in [0.05, 0.1) is 17.4 Å². The van der Waals surface area contributed by atoms with Crippen molar-refractivity contribution in [2.45, 2.75) is 13.5 Å². The van der Waals surface area contributed by atoms with Crippen molar-refractivity contribution in [1.82, 2.24) is 19.7 Å². The van der Waals surface area contributed by atoms with Gasteiger partial charge in [0.25, 0.3) is 11.4 Å². The molecule has 0 aliphatic carbocycles. The van der Waals surface area contributed by atoms with Crippen molar-refractivity contribution in [3.05, 3.63) is 104 Å². The Balaban J connectivity index is 1.53. The lowest BCUT2D eigenvalue weighted by atomic mass is 10.1. The zero-order valence-corrected chi connectivity index (χ0v) is 17.8. The molecule has 1 N–H and O–H groups in total. The van der Waals surface area contributed by atoms with Crippen LogP contribution < -0.4 is 11.2 Å². The van der Waals surface area contributed by atoms with Gasteiger partial charge >= 0.3 is 5.69 Å². The highest BCUT2D eigenvalue weighted by molar-refractivity contribution is 6.31. The molecule has 2 aromatic heterocycles. The van der Waals surface area contributed by atoms with E-state index in [1.54, 1.807) is 36.4 Å². The number of halogens is 1. The minimum Gasteiger partial charge on any atom is -0.334 e. The van der Waals surface area contributed by atoms with Crippen molar-refractivity contribution >= 4 is 22.5 Å². The number of hydrogen-bond acceptors (Lipinski definition) is 5. The van der Waals surface area contributed by atoms with Gasteiger partial charge in [-0.2, -0.15) is 4.98 Å². The summed E-state index contributed by atoms with van der Waals surface area (Å²) in [5.41, 5.74) is 2.72. The number of H-pyrrole nitrogens is 1. The van der Waals surface area contributed by atoms with E-state index < -0.39 is 11.2 Å². The monoisotopic (exact) mass is 444 g/mol. The van der Waals surface area contributed by atoms with Gasteiger partial charge in [0.1, 0.15) is 0 Å². The summed E-state index contributed by atoms with van der Waals surface area (Å²) in [5, 5.41) is 4.91. The lowest BCUT2D eigenvalue weighted by Gasteiger charge is -2.08. The maximum Gasteiger partial charge on any atom is 0.329 e. The Hall–Kier alpha value is -3.97. The first kappa shape index (κ1) is 20.0. The van der Waals surface area contributed by atoms with Crippen LogP contribution in [0.3, 0.4) is 0 Å². The first-order valence-electron chi connectivity index (χ1n) is 9.91. The lowest BCUT2D eigenvalue weighted by molar-refractivity contribution is 0.432. The van der Waals surface area contributed by atoms with Crippen molar-refractivity contribution in [3.63, 3.8) is 0 Å². The lowest BCUT2D eigenvalue weighted by Crippen LogP contribution is -2.35. The van der Waals surface area contributed by atoms with Crippen LogP contribution in [-0.2, 0) is 6.54 Å². The molecule has 0 radical (unpaired) electrons. The van der Waals surface area contributed by atoms with E-state index in [0.29, 0.717) is 38.8 Å². The average Bonchev–Trinajstić information content (AvgIpc) is 3.28. The van der Waals surface area contributed by atoms with Gasteiger partial charge in [-0.05, 0) is 36.8 Å². The van der Waals surface area contributed by atoms with Gasteiger partial charge in [0, 0.05) is 16.1 Å². The molecule has 8 heteroatoms. The highest BCUT2D eigenvalue weighted by Crippen LogP contribution is 2.24. The fraction of sp³-hybridized carbons (Fsp3) is 0.0833. The molecule has 3 aromatic carbocycles. The first-order chi connectivity index (χ1) is 15.5. The minimum atomic E-state index is -0.523. The maximum absolute atomic E-state index is 13.0. The quantitative estimate of drug-likeness (QED) is 0.443. The van der Waals surface area contributed by atoms with E-state index in [2.05, 4.69) is 15.1 Å². The molecule has 0 aliphatic heterocycles. The molecular formula is C24H17ClN4O3. The van der Waals surface area contributed by atoms with Gasteiger partial charge in [-0.25, -0.2) is 4.79 Å². The third-order valence-corrected chi connectivity index (χ3v) is 5.62. The van der Waals surface area contributed by atoms with E-state index in [0.717, 1.165) is 15.7 Å². The summed E-state index contributed by atoms with van der Waals surface area (Å²) >= 11 is 6.19. The predicted molar refractivity (Wildman–Crippen MR) is 123 cm³/mol. The summed E-state index contributed by atoms with van der Waals surface area (Å²) < 4.78 is 6.54. The van der Waals surface area contributed by atoms with E-state index in [9.17, 15) is 9.59 Å². The van der Waals surface area contributed by atoms with Crippen LogP contribution in [0.1, 0.15) is 11.1 Å². The van der Waals surface area contributed by atoms with Crippen molar-refractivity contribution in [2.75, 3.05) is 0 Å². The number of fused-ring (bicyclic) bond motifs is 1. The number of aryl methyl sites for hydroxylation is 1. The fourth-order valence-electron chi connectivity index (χ4n) is 3.49. The number of hydrogen-bond donors (Lipinski definition) is 1. The van der Waals surface area contributed by atoms with Crippen LogP contribution in [0.15, 0.2) is 80.8 Å². The Kier molecular flexibility index (Phi) is 4.95. The fourth-order valence-corrected chi connectivity index (χ4v) is 3.68. The SMILES string of the molecule is Cc1ccc(-c2noc(-c3ccc4c(=O)n(Cc5ccccc5Cl)c(=O)[nH]c4c3)n2)cc1. The van der Waals surface area contributed by atoms with E-state index >= 15 is 0 Å². The van der Waals surface area contributed by atoms with Crippen molar-refractivity contribution in [2.24, 2.45) is 0 Å². The Morgan fingerprint density at radius 1 is 1.00 bits per heavy atom. The summed E-state index contributed by atoms with van der Waals surface area (Å²) in [5.74, 6) is 0.757. The second-order valence-corrected chi connectivity index (χ2v) is 7.87. The standard InChI is InChI=1S/C24H17ClN4O3/c1-14-6-8-15(9-7-14)21-27-22(32-28-21)16-10-11-18-20(12-16)26-24(31)29(23(18)30)13-17-4-2-3-5-19(17)25/h2-12H,13H2,1H3,(H,26,31). The van der Waals surface area contributed by atoms with Crippen LogP contribution in [0.2, 0.25) is 5.02 Å². The van der Waals surface area contributed by atoms with Gasteiger partial charge in [0.15, 0.2) is 0 Å². The number of aromatic amines is 1. The van der Waals surface area contributed by atoms with Crippen LogP contribution in [-0.4, -0.2) is 19.7 Å². The van der Waals surface area contributed by atoms with E-state index in [1.165, 1.54) is 0 Å². The van der Waals surface area contributed by atoms with Crippen molar-refractivity contribution in [3.8, 4) is 22.8 Å². The van der Waals surface area contributed by atoms with E-state index in [4.69, 9.17) is 16.1 Å². The summed E-state index contributed by atoms with van der Waals surface area (Å²) in [6.45, 7) is 2.08. The third-order valence-electron chi connectivity index (χ3n) is 5.25. The zero-order chi connectivity index (χ0) is 22.2. The highest BCUT2D eigenvalue weighted by atomic mass is 35.5. The molecular weight excluding hydrogens is 428 g/mol. The maximum atomic E-state index is 13.0. The van der Waals surface area contributed by atoms with Crippen LogP contribution >= 0.6 is 11.6 Å². The van der Waals surface area contributed by atoms with E-state index in [1.807, 2.05) is 37.3 Å². The molecule has 2 heterocycles. The predicted octanol–water partition coefficient (Wildman–Crippen LogP) is 4.42. The molecule has 5 aromatic rings. The van der Waals surface area contributed by atoms with Crippen molar-refractivity contribution < 1.29 is 4.52 Å². The van der Waals surface area contributed by atoms with Crippen LogP contribution in [0, 0.1) is 6.92 Å². The average molecular weight is 445 g/mol. The Labute approximate surface area is 186 Å². The van der Waals surface area contributed by atoms with E-state index in [-0.39, 0.29) is 6.54 Å². The summed E-state index contributed by atoms with van der Waals surface area (Å²) in [4.78, 5) is 32.8. The smallest absolute Gasteiger partial charge is 0.329 e. The molecule has 0 aliphatic rings. The van der Waals surface area contributed by atoms with Gasteiger partial charge in [-0.1, -0.05) is 64.8 Å². The van der Waals surface area contributed by atoms with Crippen LogP contribution in [0.25, 0.3) is 33.7 Å². The Bertz CT molecular complexity index is 1570. The first-order valence-corrected chi connectivity index (χ1v) is 10.3. The molecule has 0 bridgehead atoms. The largest absolute Gasteiger partial charge is 0.334 e. The molecule has 0 fully saturated rings. The van der Waals surface area contributed by atoms with Gasteiger partial charge < -0.3 is 9.51 Å². The Morgan fingerprint density at radius 3 is 2.53 bits per heavy atom. The zero-order valence-electron chi connectivity index (χ0n) is 17.0. The molecule has 0 amide bonds. The molecule has 7 nitrogen and oxygen atoms in total. The molecule has 0 saturated carbocycles. The van der Waals surface area contributed by atoms with Gasteiger partial charge in [0.2, 0.25) is 5.82 Å². The second-order valence-electron chi connectivity index (χ2n) is 7.46. The normalized spacial score (nSPS) is 11.2. The van der Waals surface area contributed by atoms with Gasteiger partial charge in [-0.3, -0.25) is 9.36 Å². The minimum absolute atomic E-state index is 0.0785. The summed E-state index contributed by atoms with van der Waals surface area (Å²) in [6.07, 6.45) is 0. The number of benzene rings is 3. The third kappa shape index (κ3) is 3.63. The molecule has 0 unspecified atom stereocenters. The molecule has 0 saturated heterocycles. The molecule has 5 rings (SSSR count). The number of rotatable bonds is 4. The van der Waals surface area contributed by atoms with Crippen LogP contribution in [0.5, 0.6) is 0 Å². The molecule has 0 atom stereocenters. The number of nitrogens with zero attached hydrogens (tertiary/aromatic N) is 3. The number of nitrogens with one attached hydrogen (secondary N) is 1. The molecule has 32 heavy (non-hydrogen) atoms. The number of aromatic nitrogens is 4. The molecule has 158 valence electrons. The van der Waals surface area contributed by atoms with Crippen LogP contribution in [0.4, 0.5) is 0 Å². The Morgan fingerprint density at radius 2 is 1.75 bits per heavy atom. The van der Waals surface area contributed by atoms with Crippen molar-refractivity contribution in [1.29, 1.82) is 0 Å². The topological polar surface area (TPSA) is 93.8 Å². The summed E-state index contributed by atoms with van der Waals surface area (Å²) in [6, 6.07) is 19.9.